The van der Waals surface area contributed by atoms with Crippen molar-refractivity contribution in [2.24, 2.45) is 0 Å². The van der Waals surface area contributed by atoms with Crippen molar-refractivity contribution in [3.63, 3.8) is 0 Å². The van der Waals surface area contributed by atoms with Crippen molar-refractivity contribution in [3.8, 4) is 5.75 Å². The lowest BCUT2D eigenvalue weighted by atomic mass is 10.2. The minimum atomic E-state index is 0.0398. The van der Waals surface area contributed by atoms with E-state index in [4.69, 9.17) is 10.5 Å². The Labute approximate surface area is 151 Å². The van der Waals surface area contributed by atoms with Gasteiger partial charge in [-0.1, -0.05) is 51.8 Å². The smallest absolute Gasteiger partial charge is 0.224 e. The summed E-state index contributed by atoms with van der Waals surface area (Å²) in [6, 6.07) is 5.30. The number of nitrogens with zero attached hydrogens (tertiary/aromatic N) is 1. The Balaban J connectivity index is 2.73. The molecular formula is C19H32N2O2S. The van der Waals surface area contributed by atoms with Crippen LogP contribution < -0.4 is 10.5 Å². The summed E-state index contributed by atoms with van der Waals surface area (Å²) in [4.78, 5) is 14.9. The molecule has 0 saturated carbocycles. The van der Waals surface area contributed by atoms with Crippen molar-refractivity contribution < 1.29 is 9.53 Å². The van der Waals surface area contributed by atoms with Crippen LogP contribution in [0.2, 0.25) is 0 Å². The normalized spacial score (nSPS) is 12.4. The maximum Gasteiger partial charge on any atom is 0.224 e. The zero-order chi connectivity index (χ0) is 17.9. The number of carbonyl (C=O) groups is 1. The number of hydrogen-bond donors (Lipinski definition) is 1. The van der Waals surface area contributed by atoms with E-state index in [1.807, 2.05) is 0 Å². The van der Waals surface area contributed by atoms with Crippen molar-refractivity contribution in [1.82, 2.24) is 4.90 Å². The molecule has 1 aromatic carbocycles. The molecule has 0 aliphatic carbocycles. The predicted molar refractivity (Wildman–Crippen MR) is 105 cm³/mol. The topological polar surface area (TPSA) is 55.6 Å². The van der Waals surface area contributed by atoms with Crippen LogP contribution in [0.1, 0.15) is 63.7 Å². The molecule has 0 spiro atoms. The first-order valence-electron chi connectivity index (χ1n) is 9.00. The zero-order valence-electron chi connectivity index (χ0n) is 15.5. The van der Waals surface area contributed by atoms with Gasteiger partial charge in [-0.3, -0.25) is 9.69 Å². The van der Waals surface area contributed by atoms with Crippen molar-refractivity contribution >= 4 is 22.6 Å². The molecule has 1 aromatic rings. The summed E-state index contributed by atoms with van der Waals surface area (Å²) in [5.74, 6) is 0.607. The molecule has 1 unspecified atom stereocenters. The Hall–Kier alpha value is -1.20. The molecule has 0 saturated heterocycles. The van der Waals surface area contributed by atoms with Gasteiger partial charge in [0.2, 0.25) is 5.12 Å². The number of unbranched alkanes of at least 4 members (excludes halogenated alkanes) is 3. The molecule has 0 heterocycles. The van der Waals surface area contributed by atoms with Gasteiger partial charge in [-0.05, 0) is 38.6 Å². The summed E-state index contributed by atoms with van der Waals surface area (Å²) >= 11 is 1.34. The highest BCUT2D eigenvalue weighted by Crippen LogP contribution is 2.29. The van der Waals surface area contributed by atoms with Crippen LogP contribution in [0.3, 0.4) is 0 Å². The van der Waals surface area contributed by atoms with Crippen molar-refractivity contribution in [2.75, 3.05) is 25.4 Å². The minimum absolute atomic E-state index is 0.0398. The van der Waals surface area contributed by atoms with Crippen LogP contribution in [-0.4, -0.2) is 35.1 Å². The van der Waals surface area contributed by atoms with Crippen molar-refractivity contribution in [1.29, 1.82) is 0 Å². The van der Waals surface area contributed by atoms with Gasteiger partial charge in [-0.25, -0.2) is 0 Å². The molecule has 24 heavy (non-hydrogen) atoms. The maximum atomic E-state index is 12.7. The molecule has 5 heteroatoms. The van der Waals surface area contributed by atoms with Crippen molar-refractivity contribution in [2.45, 2.75) is 58.8 Å². The summed E-state index contributed by atoms with van der Waals surface area (Å²) in [5.41, 5.74) is 7.10. The van der Waals surface area contributed by atoms with Crippen LogP contribution in [0.15, 0.2) is 18.2 Å². The van der Waals surface area contributed by atoms with E-state index in [9.17, 15) is 4.79 Å². The maximum absolute atomic E-state index is 12.7. The molecular weight excluding hydrogens is 320 g/mol. The third kappa shape index (κ3) is 6.73. The van der Waals surface area contributed by atoms with E-state index in [0.29, 0.717) is 23.6 Å². The zero-order valence-corrected chi connectivity index (χ0v) is 16.3. The molecule has 0 bridgehead atoms. The number of anilines is 1. The summed E-state index contributed by atoms with van der Waals surface area (Å²) in [5, 5.41) is 0.181. The van der Waals surface area contributed by atoms with Crippen LogP contribution in [-0.2, 0) is 0 Å². The lowest BCUT2D eigenvalue weighted by molar-refractivity contribution is 0.108. The van der Waals surface area contributed by atoms with E-state index in [1.165, 1.54) is 24.6 Å². The molecule has 1 atom stereocenters. The van der Waals surface area contributed by atoms with Gasteiger partial charge in [0, 0.05) is 11.8 Å². The molecule has 0 aromatic heterocycles. The van der Waals surface area contributed by atoms with Crippen LogP contribution in [0.4, 0.5) is 5.69 Å². The molecule has 0 radical (unpaired) electrons. The van der Waals surface area contributed by atoms with Gasteiger partial charge in [-0.2, -0.15) is 0 Å². The number of ether oxygens (including phenoxy) is 1. The Morgan fingerprint density at radius 3 is 2.54 bits per heavy atom. The van der Waals surface area contributed by atoms with E-state index in [2.05, 4.69) is 32.6 Å². The van der Waals surface area contributed by atoms with Gasteiger partial charge in [0.1, 0.15) is 5.75 Å². The van der Waals surface area contributed by atoms with Gasteiger partial charge in [0.15, 0.2) is 0 Å². The second kappa shape index (κ2) is 11.4. The number of nitrogen functional groups attached to an aromatic ring is 1. The number of nitrogens with two attached hydrogens (primary N) is 1. The third-order valence-corrected chi connectivity index (χ3v) is 5.16. The molecule has 4 nitrogen and oxygen atoms in total. The van der Waals surface area contributed by atoms with E-state index < -0.39 is 0 Å². The van der Waals surface area contributed by atoms with Gasteiger partial charge in [0.05, 0.1) is 17.5 Å². The minimum Gasteiger partial charge on any atom is -0.493 e. The van der Waals surface area contributed by atoms with Crippen LogP contribution in [0, 0.1) is 0 Å². The van der Waals surface area contributed by atoms with Gasteiger partial charge in [-0.15, -0.1) is 0 Å². The van der Waals surface area contributed by atoms with Gasteiger partial charge < -0.3 is 10.5 Å². The van der Waals surface area contributed by atoms with E-state index >= 15 is 0 Å². The highest BCUT2D eigenvalue weighted by molar-refractivity contribution is 8.14. The fourth-order valence-electron chi connectivity index (χ4n) is 2.57. The highest BCUT2D eigenvalue weighted by Gasteiger charge is 2.19. The van der Waals surface area contributed by atoms with E-state index in [-0.39, 0.29) is 10.5 Å². The SMILES string of the molecule is CCCCCCOc1cc(N)ccc1C(=O)SC(C)N(CC)CC. The standard InChI is InChI=1S/C19H32N2O2S/c1-5-8-9-10-13-23-18-14-16(20)11-12-17(18)19(22)24-15(4)21(6-2)7-3/h11-12,14-15H,5-10,13,20H2,1-4H3. The number of rotatable bonds is 11. The third-order valence-electron chi connectivity index (χ3n) is 4.09. The fraction of sp³-hybridized carbons (Fsp3) is 0.632. The number of hydrogen-bond acceptors (Lipinski definition) is 5. The number of benzene rings is 1. The lowest BCUT2D eigenvalue weighted by Gasteiger charge is -2.25. The van der Waals surface area contributed by atoms with E-state index in [1.54, 1.807) is 18.2 Å². The fourth-order valence-corrected chi connectivity index (χ4v) is 3.62. The second-order valence-corrected chi connectivity index (χ2v) is 7.18. The van der Waals surface area contributed by atoms with Gasteiger partial charge in [0.25, 0.3) is 0 Å². The molecule has 0 aliphatic rings. The Morgan fingerprint density at radius 1 is 1.21 bits per heavy atom. The quantitative estimate of drug-likeness (QED) is 0.352. The van der Waals surface area contributed by atoms with E-state index in [0.717, 1.165) is 25.9 Å². The predicted octanol–water partition coefficient (Wildman–Crippen LogP) is 4.79. The average Bonchev–Trinajstić information content (AvgIpc) is 2.55. The first kappa shape index (κ1) is 20.8. The van der Waals surface area contributed by atoms with Crippen LogP contribution >= 0.6 is 11.8 Å². The lowest BCUT2D eigenvalue weighted by Crippen LogP contribution is -2.31. The Morgan fingerprint density at radius 2 is 1.92 bits per heavy atom. The largest absolute Gasteiger partial charge is 0.493 e. The average molecular weight is 353 g/mol. The number of thioether (sulfide) groups is 1. The monoisotopic (exact) mass is 352 g/mol. The molecule has 136 valence electrons. The first-order chi connectivity index (χ1) is 11.5. The summed E-state index contributed by atoms with van der Waals surface area (Å²) in [6.45, 7) is 11.0. The van der Waals surface area contributed by atoms with Crippen molar-refractivity contribution in [3.05, 3.63) is 23.8 Å². The molecule has 0 aliphatic heterocycles. The molecule has 1 rings (SSSR count). The van der Waals surface area contributed by atoms with Crippen LogP contribution in [0.5, 0.6) is 5.75 Å². The Bertz CT molecular complexity index is 504. The molecule has 0 amide bonds. The second-order valence-electron chi connectivity index (χ2n) is 5.89. The Kier molecular flexibility index (Phi) is 9.88. The summed E-state index contributed by atoms with van der Waals surface area (Å²) in [6.07, 6.45) is 4.56. The first-order valence-corrected chi connectivity index (χ1v) is 9.88. The molecule has 2 N–H and O–H groups in total. The molecule has 0 fully saturated rings. The number of carbonyl (C=O) groups excluding carboxylic acids is 1. The van der Waals surface area contributed by atoms with Crippen LogP contribution in [0.25, 0.3) is 0 Å². The summed E-state index contributed by atoms with van der Waals surface area (Å²) in [7, 11) is 0. The highest BCUT2D eigenvalue weighted by atomic mass is 32.2. The summed E-state index contributed by atoms with van der Waals surface area (Å²) < 4.78 is 5.85. The van der Waals surface area contributed by atoms with Gasteiger partial charge >= 0.3 is 0 Å².